The molecule has 17 heavy (non-hydrogen) atoms. The molecule has 0 heterocycles. The first-order valence-electron chi connectivity index (χ1n) is 6.14. The van der Waals surface area contributed by atoms with Gasteiger partial charge >= 0.3 is 0 Å². The van der Waals surface area contributed by atoms with Crippen molar-refractivity contribution in [3.8, 4) is 11.5 Å². The topological polar surface area (TPSA) is 44.5 Å². The standard InChI is InChI=1S/C14H23NO2/c1-5-17-13-7-6-11(8-14(13)16-4)12(9-15)10(2)3/h6-8,10,12H,5,9,15H2,1-4H3. The first-order valence-corrected chi connectivity index (χ1v) is 6.14. The Kier molecular flexibility index (Phi) is 5.29. The molecular formula is C14H23NO2. The van der Waals surface area contributed by atoms with E-state index in [9.17, 15) is 0 Å². The summed E-state index contributed by atoms with van der Waals surface area (Å²) in [5.74, 6) is 2.45. The third kappa shape index (κ3) is 3.37. The number of nitrogens with two attached hydrogens (primary N) is 1. The maximum absolute atomic E-state index is 5.82. The lowest BCUT2D eigenvalue weighted by Crippen LogP contribution is -2.17. The van der Waals surface area contributed by atoms with Crippen LogP contribution >= 0.6 is 0 Å². The van der Waals surface area contributed by atoms with Gasteiger partial charge in [0, 0.05) is 0 Å². The molecule has 96 valence electrons. The average Bonchev–Trinajstić information content (AvgIpc) is 2.31. The van der Waals surface area contributed by atoms with Crippen molar-refractivity contribution < 1.29 is 9.47 Å². The molecule has 0 fully saturated rings. The van der Waals surface area contributed by atoms with E-state index in [4.69, 9.17) is 15.2 Å². The van der Waals surface area contributed by atoms with Crippen LogP contribution in [-0.2, 0) is 0 Å². The minimum atomic E-state index is 0.361. The highest BCUT2D eigenvalue weighted by Gasteiger charge is 2.16. The second kappa shape index (κ2) is 6.50. The molecule has 0 aliphatic carbocycles. The molecule has 0 saturated carbocycles. The molecule has 1 aromatic rings. The summed E-state index contributed by atoms with van der Waals surface area (Å²) in [5, 5.41) is 0. The van der Waals surface area contributed by atoms with E-state index in [1.54, 1.807) is 7.11 Å². The van der Waals surface area contributed by atoms with E-state index in [-0.39, 0.29) is 0 Å². The summed E-state index contributed by atoms with van der Waals surface area (Å²) in [6, 6.07) is 6.07. The van der Waals surface area contributed by atoms with E-state index in [1.807, 2.05) is 19.1 Å². The highest BCUT2D eigenvalue weighted by atomic mass is 16.5. The van der Waals surface area contributed by atoms with Crippen LogP contribution in [0.1, 0.15) is 32.3 Å². The third-order valence-corrected chi connectivity index (χ3v) is 2.97. The van der Waals surface area contributed by atoms with Crippen molar-refractivity contribution >= 4 is 0 Å². The summed E-state index contributed by atoms with van der Waals surface area (Å²) in [5.41, 5.74) is 7.03. The van der Waals surface area contributed by atoms with Crippen molar-refractivity contribution in [1.82, 2.24) is 0 Å². The van der Waals surface area contributed by atoms with Crippen LogP contribution in [0.2, 0.25) is 0 Å². The van der Waals surface area contributed by atoms with Gasteiger partial charge in [0.05, 0.1) is 13.7 Å². The predicted molar refractivity (Wildman–Crippen MR) is 70.8 cm³/mol. The van der Waals surface area contributed by atoms with Crippen molar-refractivity contribution in [1.29, 1.82) is 0 Å². The zero-order chi connectivity index (χ0) is 12.8. The van der Waals surface area contributed by atoms with Crippen LogP contribution in [0.25, 0.3) is 0 Å². The number of hydrogen-bond donors (Lipinski definition) is 1. The molecule has 0 radical (unpaired) electrons. The third-order valence-electron chi connectivity index (χ3n) is 2.97. The molecule has 0 amide bonds. The average molecular weight is 237 g/mol. The van der Waals surface area contributed by atoms with Gasteiger partial charge in [0.15, 0.2) is 11.5 Å². The predicted octanol–water partition coefficient (Wildman–Crippen LogP) is 2.79. The lowest BCUT2D eigenvalue weighted by molar-refractivity contribution is 0.310. The molecule has 0 spiro atoms. The van der Waals surface area contributed by atoms with Gasteiger partial charge < -0.3 is 15.2 Å². The second-order valence-electron chi connectivity index (χ2n) is 4.43. The van der Waals surface area contributed by atoms with Gasteiger partial charge in [-0.25, -0.2) is 0 Å². The molecule has 1 unspecified atom stereocenters. The number of benzene rings is 1. The first-order chi connectivity index (χ1) is 8.13. The zero-order valence-electron chi connectivity index (χ0n) is 11.2. The van der Waals surface area contributed by atoms with Crippen LogP contribution in [0.15, 0.2) is 18.2 Å². The summed E-state index contributed by atoms with van der Waals surface area (Å²) in [6.45, 7) is 7.61. The fraction of sp³-hybridized carbons (Fsp3) is 0.571. The van der Waals surface area contributed by atoms with Gasteiger partial charge in [0.2, 0.25) is 0 Å². The molecule has 1 aromatic carbocycles. The van der Waals surface area contributed by atoms with Gasteiger partial charge in [-0.3, -0.25) is 0 Å². The number of hydrogen-bond acceptors (Lipinski definition) is 3. The highest BCUT2D eigenvalue weighted by molar-refractivity contribution is 5.44. The zero-order valence-corrected chi connectivity index (χ0v) is 11.2. The normalized spacial score (nSPS) is 12.6. The van der Waals surface area contributed by atoms with Crippen LogP contribution in [0.4, 0.5) is 0 Å². The smallest absolute Gasteiger partial charge is 0.161 e. The van der Waals surface area contributed by atoms with Crippen molar-refractivity contribution in [3.05, 3.63) is 23.8 Å². The number of rotatable bonds is 6. The first kappa shape index (κ1) is 13.8. The van der Waals surface area contributed by atoms with E-state index in [2.05, 4.69) is 19.9 Å². The monoisotopic (exact) mass is 237 g/mol. The van der Waals surface area contributed by atoms with Crippen LogP contribution < -0.4 is 15.2 Å². The molecular weight excluding hydrogens is 214 g/mol. The van der Waals surface area contributed by atoms with Crippen LogP contribution in [0.5, 0.6) is 11.5 Å². The van der Waals surface area contributed by atoms with E-state index in [0.29, 0.717) is 25.0 Å². The molecule has 3 nitrogen and oxygen atoms in total. The lowest BCUT2D eigenvalue weighted by atomic mass is 9.88. The van der Waals surface area contributed by atoms with Crippen molar-refractivity contribution in [2.24, 2.45) is 11.7 Å². The fourth-order valence-corrected chi connectivity index (χ4v) is 1.98. The molecule has 0 aliphatic rings. The minimum Gasteiger partial charge on any atom is -0.493 e. The van der Waals surface area contributed by atoms with Gasteiger partial charge in [-0.05, 0) is 43.0 Å². The Morgan fingerprint density at radius 2 is 1.94 bits per heavy atom. The van der Waals surface area contributed by atoms with Crippen molar-refractivity contribution in [3.63, 3.8) is 0 Å². The fourth-order valence-electron chi connectivity index (χ4n) is 1.98. The van der Waals surface area contributed by atoms with Crippen molar-refractivity contribution in [2.75, 3.05) is 20.3 Å². The Hall–Kier alpha value is -1.22. The maximum Gasteiger partial charge on any atom is 0.161 e. The molecule has 0 bridgehead atoms. The number of methoxy groups -OCH3 is 1. The maximum atomic E-state index is 5.82. The van der Waals surface area contributed by atoms with Crippen LogP contribution in [0.3, 0.4) is 0 Å². The van der Waals surface area contributed by atoms with Crippen LogP contribution in [0, 0.1) is 5.92 Å². The molecule has 1 atom stereocenters. The lowest BCUT2D eigenvalue weighted by Gasteiger charge is -2.20. The van der Waals surface area contributed by atoms with E-state index < -0.39 is 0 Å². The van der Waals surface area contributed by atoms with Gasteiger partial charge in [-0.15, -0.1) is 0 Å². The summed E-state index contributed by atoms with van der Waals surface area (Å²) in [4.78, 5) is 0. The molecule has 1 rings (SSSR count). The van der Waals surface area contributed by atoms with Gasteiger partial charge in [-0.1, -0.05) is 19.9 Å². The Balaban J connectivity index is 3.03. The quantitative estimate of drug-likeness (QED) is 0.827. The molecule has 2 N–H and O–H groups in total. The van der Waals surface area contributed by atoms with Gasteiger partial charge in [0.25, 0.3) is 0 Å². The van der Waals surface area contributed by atoms with E-state index in [0.717, 1.165) is 11.5 Å². The Labute approximate surface area is 104 Å². The second-order valence-corrected chi connectivity index (χ2v) is 4.43. The van der Waals surface area contributed by atoms with E-state index in [1.165, 1.54) is 5.56 Å². The largest absolute Gasteiger partial charge is 0.493 e. The Bertz CT molecular complexity index is 350. The molecule has 0 saturated heterocycles. The molecule has 3 heteroatoms. The summed E-state index contributed by atoms with van der Waals surface area (Å²) in [7, 11) is 1.66. The Morgan fingerprint density at radius 1 is 1.24 bits per heavy atom. The minimum absolute atomic E-state index is 0.361. The highest BCUT2D eigenvalue weighted by Crippen LogP contribution is 2.33. The molecule has 0 aliphatic heterocycles. The molecule has 0 aromatic heterocycles. The van der Waals surface area contributed by atoms with Gasteiger partial charge in [-0.2, -0.15) is 0 Å². The summed E-state index contributed by atoms with van der Waals surface area (Å²) >= 11 is 0. The van der Waals surface area contributed by atoms with E-state index >= 15 is 0 Å². The number of ether oxygens (including phenoxy) is 2. The summed E-state index contributed by atoms with van der Waals surface area (Å²) in [6.07, 6.45) is 0. The Morgan fingerprint density at radius 3 is 2.41 bits per heavy atom. The van der Waals surface area contributed by atoms with Gasteiger partial charge in [0.1, 0.15) is 0 Å². The summed E-state index contributed by atoms with van der Waals surface area (Å²) < 4.78 is 10.8. The van der Waals surface area contributed by atoms with Crippen LogP contribution in [-0.4, -0.2) is 20.3 Å². The SMILES string of the molecule is CCOc1ccc(C(CN)C(C)C)cc1OC. The van der Waals surface area contributed by atoms with Crippen molar-refractivity contribution in [2.45, 2.75) is 26.7 Å².